The summed E-state index contributed by atoms with van der Waals surface area (Å²) in [5.41, 5.74) is -0.748. The van der Waals surface area contributed by atoms with Crippen molar-refractivity contribution in [1.29, 1.82) is 0 Å². The highest BCUT2D eigenvalue weighted by molar-refractivity contribution is 5.82. The largest absolute Gasteiger partial charge is 0.481 e. The van der Waals surface area contributed by atoms with E-state index in [9.17, 15) is 9.59 Å². The maximum absolute atomic E-state index is 12.1. The van der Waals surface area contributed by atoms with Crippen LogP contribution in [0.25, 0.3) is 0 Å². The fraction of sp³-hybridized carbons (Fsp3) is 0.833. The summed E-state index contributed by atoms with van der Waals surface area (Å²) in [5, 5.41) is 9.09. The minimum absolute atomic E-state index is 0.0520. The number of carbonyl (C=O) groups excluding carboxylic acids is 1. The van der Waals surface area contributed by atoms with Crippen molar-refractivity contribution in [2.45, 2.75) is 40.0 Å². The molecule has 0 aliphatic carbocycles. The van der Waals surface area contributed by atoms with Gasteiger partial charge in [-0.3, -0.25) is 9.59 Å². The molecule has 1 amide bonds. The highest BCUT2D eigenvalue weighted by atomic mass is 16.4. The second-order valence-corrected chi connectivity index (χ2v) is 4.89. The van der Waals surface area contributed by atoms with Gasteiger partial charge in [-0.15, -0.1) is 0 Å². The highest BCUT2D eigenvalue weighted by Gasteiger charge is 2.42. The molecule has 1 aliphatic rings. The lowest BCUT2D eigenvalue weighted by molar-refractivity contribution is -0.147. The Labute approximate surface area is 96.6 Å². The first-order valence-electron chi connectivity index (χ1n) is 5.96. The number of amides is 1. The molecule has 0 radical (unpaired) electrons. The fourth-order valence-electron chi connectivity index (χ4n) is 2.22. The molecule has 0 aromatic heterocycles. The zero-order valence-electron chi connectivity index (χ0n) is 10.3. The van der Waals surface area contributed by atoms with Crippen LogP contribution in [-0.2, 0) is 9.59 Å². The Balaban J connectivity index is 2.66. The van der Waals surface area contributed by atoms with Crippen LogP contribution >= 0.6 is 0 Å². The number of rotatable bonds is 4. The van der Waals surface area contributed by atoms with Crippen LogP contribution < -0.4 is 0 Å². The van der Waals surface area contributed by atoms with Crippen LogP contribution in [0.3, 0.4) is 0 Å². The lowest BCUT2D eigenvalue weighted by atomic mass is 9.90. The average molecular weight is 227 g/mol. The van der Waals surface area contributed by atoms with E-state index in [1.165, 1.54) is 0 Å². The van der Waals surface area contributed by atoms with E-state index in [0.717, 1.165) is 12.8 Å². The molecule has 92 valence electrons. The quantitative estimate of drug-likeness (QED) is 0.796. The van der Waals surface area contributed by atoms with Gasteiger partial charge < -0.3 is 10.0 Å². The summed E-state index contributed by atoms with van der Waals surface area (Å²) in [6.07, 6.45) is 2.22. The Morgan fingerprint density at radius 3 is 2.31 bits per heavy atom. The predicted molar refractivity (Wildman–Crippen MR) is 61.0 cm³/mol. The van der Waals surface area contributed by atoms with Crippen molar-refractivity contribution in [3.63, 3.8) is 0 Å². The van der Waals surface area contributed by atoms with E-state index in [1.807, 2.05) is 13.8 Å². The zero-order chi connectivity index (χ0) is 12.3. The lowest BCUT2D eigenvalue weighted by Gasteiger charge is -2.23. The Morgan fingerprint density at radius 2 is 1.94 bits per heavy atom. The molecule has 1 aliphatic heterocycles. The Bertz CT molecular complexity index is 286. The molecule has 1 fully saturated rings. The van der Waals surface area contributed by atoms with Gasteiger partial charge in [-0.2, -0.15) is 0 Å². The van der Waals surface area contributed by atoms with E-state index in [0.29, 0.717) is 19.5 Å². The van der Waals surface area contributed by atoms with E-state index in [2.05, 4.69) is 0 Å². The smallest absolute Gasteiger partial charge is 0.311 e. The molecule has 1 rings (SSSR count). The Morgan fingerprint density at radius 1 is 1.38 bits per heavy atom. The standard InChI is InChI=1S/C12H21NO3/c1-4-9(5-2)10(14)13-7-6-12(3,8-13)11(15)16/h9H,4-8H2,1-3H3,(H,15,16). The van der Waals surface area contributed by atoms with E-state index in [1.54, 1.807) is 11.8 Å². The van der Waals surface area contributed by atoms with Crippen LogP contribution in [0.15, 0.2) is 0 Å². The minimum atomic E-state index is -0.799. The number of carboxylic acid groups (broad SMARTS) is 1. The summed E-state index contributed by atoms with van der Waals surface area (Å²) in [6, 6.07) is 0. The van der Waals surface area contributed by atoms with E-state index < -0.39 is 11.4 Å². The van der Waals surface area contributed by atoms with Gasteiger partial charge in [-0.1, -0.05) is 13.8 Å². The number of hydrogen-bond acceptors (Lipinski definition) is 2. The van der Waals surface area contributed by atoms with Crippen molar-refractivity contribution >= 4 is 11.9 Å². The number of hydrogen-bond donors (Lipinski definition) is 1. The topological polar surface area (TPSA) is 57.6 Å². The molecule has 1 saturated heterocycles. The molecule has 4 heteroatoms. The molecule has 16 heavy (non-hydrogen) atoms. The summed E-state index contributed by atoms with van der Waals surface area (Å²) in [6.45, 7) is 6.66. The molecule has 1 unspecified atom stereocenters. The van der Waals surface area contributed by atoms with Gasteiger partial charge in [0.15, 0.2) is 0 Å². The molecule has 1 atom stereocenters. The van der Waals surface area contributed by atoms with Gasteiger partial charge in [0, 0.05) is 19.0 Å². The zero-order valence-corrected chi connectivity index (χ0v) is 10.3. The molecule has 0 aromatic rings. The van der Waals surface area contributed by atoms with Crippen molar-refractivity contribution < 1.29 is 14.7 Å². The van der Waals surface area contributed by atoms with Gasteiger partial charge >= 0.3 is 5.97 Å². The van der Waals surface area contributed by atoms with E-state index >= 15 is 0 Å². The maximum Gasteiger partial charge on any atom is 0.311 e. The van der Waals surface area contributed by atoms with Crippen molar-refractivity contribution in [1.82, 2.24) is 4.90 Å². The number of carbonyl (C=O) groups is 2. The molecule has 1 N–H and O–H groups in total. The number of aliphatic carboxylic acids is 1. The van der Waals surface area contributed by atoms with Crippen LogP contribution in [0.1, 0.15) is 40.0 Å². The first kappa shape index (κ1) is 13.0. The molecule has 0 bridgehead atoms. The minimum Gasteiger partial charge on any atom is -0.481 e. The molecular weight excluding hydrogens is 206 g/mol. The van der Waals surface area contributed by atoms with Crippen LogP contribution in [0, 0.1) is 11.3 Å². The molecule has 4 nitrogen and oxygen atoms in total. The summed E-state index contributed by atoms with van der Waals surface area (Å²) in [5.74, 6) is -0.626. The summed E-state index contributed by atoms with van der Waals surface area (Å²) < 4.78 is 0. The average Bonchev–Trinajstić information content (AvgIpc) is 2.64. The maximum atomic E-state index is 12.1. The monoisotopic (exact) mass is 227 g/mol. The second kappa shape index (κ2) is 4.85. The normalized spacial score (nSPS) is 25.1. The Hall–Kier alpha value is -1.06. The predicted octanol–water partition coefficient (Wildman–Crippen LogP) is 1.75. The Kier molecular flexibility index (Phi) is 3.94. The van der Waals surface area contributed by atoms with Gasteiger partial charge in [-0.25, -0.2) is 0 Å². The van der Waals surface area contributed by atoms with Crippen LogP contribution in [0.2, 0.25) is 0 Å². The molecule has 0 saturated carbocycles. The SMILES string of the molecule is CCC(CC)C(=O)N1CCC(C)(C(=O)O)C1. The van der Waals surface area contributed by atoms with Crippen molar-refractivity contribution in [3.05, 3.63) is 0 Å². The number of likely N-dealkylation sites (tertiary alicyclic amines) is 1. The van der Waals surface area contributed by atoms with Gasteiger partial charge in [0.2, 0.25) is 5.91 Å². The van der Waals surface area contributed by atoms with Gasteiger partial charge in [0.25, 0.3) is 0 Å². The first-order chi connectivity index (χ1) is 7.44. The molecule has 1 heterocycles. The van der Waals surface area contributed by atoms with Gasteiger partial charge in [-0.05, 0) is 26.2 Å². The number of nitrogens with zero attached hydrogens (tertiary/aromatic N) is 1. The van der Waals surface area contributed by atoms with Crippen LogP contribution in [0.4, 0.5) is 0 Å². The van der Waals surface area contributed by atoms with E-state index in [4.69, 9.17) is 5.11 Å². The van der Waals surface area contributed by atoms with Crippen molar-refractivity contribution in [2.24, 2.45) is 11.3 Å². The second-order valence-electron chi connectivity index (χ2n) is 4.89. The van der Waals surface area contributed by atoms with Gasteiger partial charge in [0.05, 0.1) is 5.41 Å². The van der Waals surface area contributed by atoms with Gasteiger partial charge in [0.1, 0.15) is 0 Å². The molecule has 0 spiro atoms. The van der Waals surface area contributed by atoms with Crippen LogP contribution in [0.5, 0.6) is 0 Å². The number of carboxylic acids is 1. The van der Waals surface area contributed by atoms with E-state index in [-0.39, 0.29) is 11.8 Å². The lowest BCUT2D eigenvalue weighted by Crippen LogP contribution is -2.37. The highest BCUT2D eigenvalue weighted by Crippen LogP contribution is 2.31. The molecule has 0 aromatic carbocycles. The summed E-state index contributed by atoms with van der Waals surface area (Å²) >= 11 is 0. The third-order valence-electron chi connectivity index (χ3n) is 3.64. The van der Waals surface area contributed by atoms with Crippen molar-refractivity contribution in [3.8, 4) is 0 Å². The first-order valence-corrected chi connectivity index (χ1v) is 5.96. The molecular formula is C12H21NO3. The third kappa shape index (κ3) is 2.36. The summed E-state index contributed by atoms with van der Waals surface area (Å²) in [7, 11) is 0. The fourth-order valence-corrected chi connectivity index (χ4v) is 2.22. The third-order valence-corrected chi connectivity index (χ3v) is 3.64. The van der Waals surface area contributed by atoms with Crippen molar-refractivity contribution in [2.75, 3.05) is 13.1 Å². The summed E-state index contributed by atoms with van der Waals surface area (Å²) in [4.78, 5) is 24.8. The van der Waals surface area contributed by atoms with Crippen LogP contribution in [-0.4, -0.2) is 35.0 Å².